The van der Waals surface area contributed by atoms with Gasteiger partial charge in [0.05, 0.1) is 0 Å². The van der Waals surface area contributed by atoms with E-state index in [1.54, 1.807) is 0 Å². The van der Waals surface area contributed by atoms with Crippen molar-refractivity contribution in [2.24, 2.45) is 5.92 Å². The molecule has 4 rings (SSSR count). The van der Waals surface area contributed by atoms with Gasteiger partial charge in [-0.05, 0) is 92.2 Å². The molecule has 3 aromatic carbocycles. The van der Waals surface area contributed by atoms with Crippen molar-refractivity contribution in [2.45, 2.75) is 32.3 Å². The summed E-state index contributed by atoms with van der Waals surface area (Å²) in [5, 5.41) is 0. The van der Waals surface area contributed by atoms with Gasteiger partial charge in [-0.25, -0.2) is 0 Å². The van der Waals surface area contributed by atoms with E-state index < -0.39 is 0 Å². The van der Waals surface area contributed by atoms with Crippen LogP contribution >= 0.6 is 0 Å². The van der Waals surface area contributed by atoms with Gasteiger partial charge in [-0.15, -0.1) is 0 Å². The second-order valence-corrected chi connectivity index (χ2v) is 8.48. The average molecular weight is 386 g/mol. The zero-order chi connectivity index (χ0) is 20.1. The number of fused-ring (bicyclic) bond motifs is 1. The molecule has 0 spiro atoms. The second-order valence-electron chi connectivity index (χ2n) is 8.48. The first kappa shape index (κ1) is 19.7. The second kappa shape index (κ2) is 9.28. The van der Waals surface area contributed by atoms with Gasteiger partial charge in [0, 0.05) is 0 Å². The average Bonchev–Trinajstić information content (AvgIpc) is 2.77. The molecule has 0 bridgehead atoms. The Hall–Kier alpha value is -2.58. The minimum atomic E-state index is 0.610. The lowest BCUT2D eigenvalue weighted by Crippen LogP contribution is -2.21. The van der Waals surface area contributed by atoms with E-state index >= 15 is 0 Å². The molecule has 0 amide bonds. The first-order valence-corrected chi connectivity index (χ1v) is 10.7. The Kier molecular flexibility index (Phi) is 6.31. The third-order valence-electron chi connectivity index (χ3n) is 5.96. The van der Waals surface area contributed by atoms with Gasteiger partial charge >= 0.3 is 0 Å². The summed E-state index contributed by atoms with van der Waals surface area (Å²) in [7, 11) is 4.32. The maximum absolute atomic E-state index is 6.10. The van der Waals surface area contributed by atoms with Crippen molar-refractivity contribution < 1.29 is 4.74 Å². The topological polar surface area (TPSA) is 12.5 Å². The highest BCUT2D eigenvalue weighted by Crippen LogP contribution is 2.30. The van der Waals surface area contributed by atoms with Crippen LogP contribution in [0.25, 0.3) is 11.1 Å². The fourth-order valence-electron chi connectivity index (χ4n) is 4.17. The number of nitrogens with zero attached hydrogens (tertiary/aromatic N) is 1. The van der Waals surface area contributed by atoms with Crippen molar-refractivity contribution >= 4 is 0 Å². The maximum Gasteiger partial charge on any atom is 0.120 e. The molecule has 0 aromatic heterocycles. The summed E-state index contributed by atoms with van der Waals surface area (Å²) < 4.78 is 6.10. The van der Waals surface area contributed by atoms with Crippen LogP contribution in [0.15, 0.2) is 72.8 Å². The van der Waals surface area contributed by atoms with Crippen molar-refractivity contribution in [1.82, 2.24) is 4.90 Å². The van der Waals surface area contributed by atoms with E-state index in [1.165, 1.54) is 60.0 Å². The van der Waals surface area contributed by atoms with Crippen molar-refractivity contribution in [3.8, 4) is 16.9 Å². The van der Waals surface area contributed by atoms with Crippen LogP contribution in [0.5, 0.6) is 5.75 Å². The highest BCUT2D eigenvalue weighted by Gasteiger charge is 2.19. The van der Waals surface area contributed by atoms with Crippen molar-refractivity contribution in [1.29, 1.82) is 0 Å². The van der Waals surface area contributed by atoms with E-state index in [2.05, 4.69) is 85.7 Å². The summed E-state index contributed by atoms with van der Waals surface area (Å²) in [6.45, 7) is 1.80. The summed E-state index contributed by atoms with van der Waals surface area (Å²) in [6.07, 6.45) is 4.98. The van der Waals surface area contributed by atoms with Crippen molar-refractivity contribution in [2.75, 3.05) is 20.6 Å². The Labute approximate surface area is 175 Å². The Morgan fingerprint density at radius 3 is 2.38 bits per heavy atom. The number of rotatable bonds is 7. The molecule has 0 heterocycles. The predicted octanol–water partition coefficient (Wildman–Crippen LogP) is 5.99. The lowest BCUT2D eigenvalue weighted by Gasteiger charge is -2.26. The first-order chi connectivity index (χ1) is 14.2. The van der Waals surface area contributed by atoms with Gasteiger partial charge in [-0.2, -0.15) is 0 Å². The molecule has 1 unspecified atom stereocenters. The quantitative estimate of drug-likeness (QED) is 0.495. The molecule has 3 aromatic rings. The highest BCUT2D eigenvalue weighted by molar-refractivity contribution is 5.63. The van der Waals surface area contributed by atoms with E-state index in [1.807, 2.05) is 6.07 Å². The minimum Gasteiger partial charge on any atom is -0.489 e. The number of hydrogen-bond donors (Lipinski definition) is 0. The standard InChI is InChI=1S/C27H31NO/c1-28(2)17-16-21-8-13-26-19-27(15-14-25(26)18-21)29-20-22-9-11-24(12-10-22)23-6-4-3-5-7-23/h3-7,9-12,14-15,19,21H,8,13,16-18,20H2,1-2H3. The van der Waals surface area contributed by atoms with Gasteiger partial charge in [0.25, 0.3) is 0 Å². The van der Waals surface area contributed by atoms with Gasteiger partial charge < -0.3 is 9.64 Å². The summed E-state index contributed by atoms with van der Waals surface area (Å²) in [4.78, 5) is 2.29. The fraction of sp³-hybridized carbons (Fsp3) is 0.333. The summed E-state index contributed by atoms with van der Waals surface area (Å²) in [6, 6.07) is 25.9. The molecule has 0 aliphatic heterocycles. The number of ether oxygens (including phenoxy) is 1. The van der Waals surface area contributed by atoms with Crippen LogP contribution in [0, 0.1) is 5.92 Å². The van der Waals surface area contributed by atoms with Crippen LogP contribution in [-0.2, 0) is 19.4 Å². The molecular weight excluding hydrogens is 354 g/mol. The number of benzene rings is 3. The molecular formula is C27H31NO. The van der Waals surface area contributed by atoms with E-state index in [0.29, 0.717) is 6.61 Å². The van der Waals surface area contributed by atoms with Crippen molar-refractivity contribution in [3.63, 3.8) is 0 Å². The van der Waals surface area contributed by atoms with Crippen LogP contribution in [0.3, 0.4) is 0 Å². The lowest BCUT2D eigenvalue weighted by atomic mass is 9.82. The molecule has 0 N–H and O–H groups in total. The zero-order valence-electron chi connectivity index (χ0n) is 17.6. The molecule has 1 aliphatic carbocycles. The summed E-state index contributed by atoms with van der Waals surface area (Å²) >= 11 is 0. The van der Waals surface area contributed by atoms with E-state index in [9.17, 15) is 0 Å². The Balaban J connectivity index is 1.34. The molecule has 0 saturated carbocycles. The van der Waals surface area contributed by atoms with Gasteiger partial charge in [0.2, 0.25) is 0 Å². The predicted molar refractivity (Wildman–Crippen MR) is 121 cm³/mol. The molecule has 150 valence electrons. The molecule has 2 nitrogen and oxygen atoms in total. The zero-order valence-corrected chi connectivity index (χ0v) is 17.6. The van der Waals surface area contributed by atoms with Gasteiger partial charge in [0.15, 0.2) is 0 Å². The van der Waals surface area contributed by atoms with Crippen LogP contribution in [0.4, 0.5) is 0 Å². The molecule has 0 fully saturated rings. The molecule has 1 aliphatic rings. The maximum atomic E-state index is 6.10. The molecule has 2 heteroatoms. The molecule has 29 heavy (non-hydrogen) atoms. The van der Waals surface area contributed by atoms with Gasteiger partial charge in [0.1, 0.15) is 12.4 Å². The molecule has 0 radical (unpaired) electrons. The van der Waals surface area contributed by atoms with Crippen LogP contribution < -0.4 is 4.74 Å². The third kappa shape index (κ3) is 5.27. The normalized spacial score (nSPS) is 15.9. The van der Waals surface area contributed by atoms with E-state index in [-0.39, 0.29) is 0 Å². The monoisotopic (exact) mass is 385 g/mol. The third-order valence-corrected chi connectivity index (χ3v) is 5.96. The van der Waals surface area contributed by atoms with E-state index in [0.717, 1.165) is 11.7 Å². The number of aryl methyl sites for hydroxylation is 1. The molecule has 0 saturated heterocycles. The van der Waals surface area contributed by atoms with Crippen LogP contribution in [0.2, 0.25) is 0 Å². The highest BCUT2D eigenvalue weighted by atomic mass is 16.5. The first-order valence-electron chi connectivity index (χ1n) is 10.7. The minimum absolute atomic E-state index is 0.610. The lowest BCUT2D eigenvalue weighted by molar-refractivity contribution is 0.304. The Morgan fingerprint density at radius 2 is 1.62 bits per heavy atom. The van der Waals surface area contributed by atoms with Crippen LogP contribution in [0.1, 0.15) is 29.5 Å². The Morgan fingerprint density at radius 1 is 0.862 bits per heavy atom. The number of hydrogen-bond acceptors (Lipinski definition) is 2. The van der Waals surface area contributed by atoms with Crippen LogP contribution in [-0.4, -0.2) is 25.5 Å². The largest absolute Gasteiger partial charge is 0.489 e. The Bertz CT molecular complexity index is 915. The van der Waals surface area contributed by atoms with Gasteiger partial charge in [-0.1, -0.05) is 60.7 Å². The van der Waals surface area contributed by atoms with Crippen molar-refractivity contribution in [3.05, 3.63) is 89.5 Å². The van der Waals surface area contributed by atoms with Gasteiger partial charge in [-0.3, -0.25) is 0 Å². The van der Waals surface area contributed by atoms with E-state index in [4.69, 9.17) is 4.74 Å². The summed E-state index contributed by atoms with van der Waals surface area (Å²) in [5.41, 5.74) is 6.68. The smallest absolute Gasteiger partial charge is 0.120 e. The molecule has 1 atom stereocenters. The summed E-state index contributed by atoms with van der Waals surface area (Å²) in [5.74, 6) is 1.81. The SMILES string of the molecule is CN(C)CCC1CCc2cc(OCc3ccc(-c4ccccc4)cc3)ccc2C1. The fourth-order valence-corrected chi connectivity index (χ4v) is 4.17.